The number of anilines is 1. The molecule has 0 heterocycles. The number of aryl methyl sites for hydroxylation is 1. The Morgan fingerprint density at radius 1 is 1.11 bits per heavy atom. The number of carbonyl (C=O) groups excluding carboxylic acids is 2. The highest BCUT2D eigenvalue weighted by Crippen LogP contribution is 2.40. The van der Waals surface area contributed by atoms with Gasteiger partial charge in [0.2, 0.25) is 6.04 Å². The number of nitrogens with one attached hydrogen (secondary N) is 1. The van der Waals surface area contributed by atoms with Crippen LogP contribution in [0.15, 0.2) is 40.6 Å². The van der Waals surface area contributed by atoms with Gasteiger partial charge >= 0.3 is 0 Å². The van der Waals surface area contributed by atoms with Crippen molar-refractivity contribution in [1.29, 1.82) is 0 Å². The molecule has 0 saturated heterocycles. The van der Waals surface area contributed by atoms with Crippen LogP contribution >= 0.6 is 23.2 Å². The fourth-order valence-electron chi connectivity index (χ4n) is 2.32. The molecule has 28 heavy (non-hydrogen) atoms. The lowest BCUT2D eigenvalue weighted by atomic mass is 10.2. The Hall–Kier alpha value is -2.64. The maximum atomic E-state index is 12.6. The number of ether oxygens (including phenoxy) is 2. The number of hydrogen-bond donors (Lipinski definition) is 1. The number of hydrogen-bond acceptors (Lipinski definition) is 6. The smallest absolute Gasteiger partial charge is 0.258 e. The number of amides is 1. The highest BCUT2D eigenvalue weighted by Gasteiger charge is 2.25. The lowest BCUT2D eigenvalue weighted by Crippen LogP contribution is -2.32. The largest absolute Gasteiger partial charge is 0.493 e. The number of ketones is 1. The topological polar surface area (TPSA) is 89.4 Å². The van der Waals surface area contributed by atoms with Gasteiger partial charge in [0, 0.05) is 5.02 Å². The van der Waals surface area contributed by atoms with Gasteiger partial charge in [-0.2, -0.15) is 10.2 Å². The van der Waals surface area contributed by atoms with E-state index in [4.69, 9.17) is 32.7 Å². The van der Waals surface area contributed by atoms with Gasteiger partial charge in [-0.3, -0.25) is 9.59 Å². The zero-order chi connectivity index (χ0) is 20.8. The summed E-state index contributed by atoms with van der Waals surface area (Å²) >= 11 is 12.2. The van der Waals surface area contributed by atoms with Gasteiger partial charge in [-0.1, -0.05) is 29.3 Å². The predicted molar refractivity (Wildman–Crippen MR) is 108 cm³/mol. The van der Waals surface area contributed by atoms with Crippen LogP contribution in [0.3, 0.4) is 0 Å². The molecule has 0 saturated carbocycles. The molecule has 148 valence electrons. The number of halogens is 2. The second-order valence-corrected chi connectivity index (χ2v) is 6.63. The number of rotatable bonds is 7. The molecule has 0 aliphatic carbocycles. The van der Waals surface area contributed by atoms with Crippen molar-refractivity contribution >= 4 is 46.3 Å². The van der Waals surface area contributed by atoms with Crippen LogP contribution in [0.1, 0.15) is 12.5 Å². The van der Waals surface area contributed by atoms with Gasteiger partial charge < -0.3 is 14.8 Å². The summed E-state index contributed by atoms with van der Waals surface area (Å²) < 4.78 is 10.3. The highest BCUT2D eigenvalue weighted by molar-refractivity contribution is 6.35. The van der Waals surface area contributed by atoms with Crippen LogP contribution in [0.5, 0.6) is 11.5 Å². The first kappa shape index (κ1) is 21.7. The fourth-order valence-corrected chi connectivity index (χ4v) is 2.76. The Balaban J connectivity index is 2.28. The van der Waals surface area contributed by atoms with E-state index < -0.39 is 17.7 Å². The maximum Gasteiger partial charge on any atom is 0.258 e. The summed E-state index contributed by atoms with van der Waals surface area (Å²) in [6.07, 6.45) is 0. The van der Waals surface area contributed by atoms with Crippen LogP contribution in [-0.4, -0.2) is 32.0 Å². The van der Waals surface area contributed by atoms with Crippen LogP contribution < -0.4 is 14.8 Å². The van der Waals surface area contributed by atoms with Crippen molar-refractivity contribution in [2.75, 3.05) is 19.5 Å². The molecule has 2 rings (SSSR count). The Morgan fingerprint density at radius 3 is 2.43 bits per heavy atom. The quantitative estimate of drug-likeness (QED) is 0.501. The van der Waals surface area contributed by atoms with Crippen LogP contribution in [0.4, 0.5) is 11.4 Å². The van der Waals surface area contributed by atoms with Crippen LogP contribution in [-0.2, 0) is 9.59 Å². The van der Waals surface area contributed by atoms with Gasteiger partial charge in [-0.05, 0) is 43.7 Å². The molecule has 0 spiro atoms. The van der Waals surface area contributed by atoms with E-state index >= 15 is 0 Å². The molecule has 0 fully saturated rings. The van der Waals surface area contributed by atoms with E-state index in [0.717, 1.165) is 5.56 Å². The third kappa shape index (κ3) is 4.99. The molecule has 2 aromatic rings. The zero-order valence-corrected chi connectivity index (χ0v) is 17.3. The third-order valence-electron chi connectivity index (χ3n) is 3.83. The minimum Gasteiger partial charge on any atom is -0.493 e. The van der Waals surface area contributed by atoms with Gasteiger partial charge in [0.25, 0.3) is 5.91 Å². The minimum absolute atomic E-state index is 0.139. The van der Waals surface area contributed by atoms with E-state index in [1.165, 1.54) is 27.2 Å². The van der Waals surface area contributed by atoms with Crippen LogP contribution in [0.25, 0.3) is 0 Å². The molecule has 9 heteroatoms. The summed E-state index contributed by atoms with van der Waals surface area (Å²) in [6, 6.07) is 6.85. The van der Waals surface area contributed by atoms with Crippen molar-refractivity contribution in [3.8, 4) is 11.5 Å². The minimum atomic E-state index is -1.34. The molecule has 1 N–H and O–H groups in total. The normalized spacial score (nSPS) is 11.9. The van der Waals surface area contributed by atoms with Crippen LogP contribution in [0.2, 0.25) is 10.0 Å². The first-order valence-corrected chi connectivity index (χ1v) is 8.92. The molecule has 1 atom stereocenters. The summed E-state index contributed by atoms with van der Waals surface area (Å²) in [4.78, 5) is 24.5. The first-order chi connectivity index (χ1) is 13.3. The summed E-state index contributed by atoms with van der Waals surface area (Å²) in [5, 5.41) is 11.1. The molecule has 1 unspecified atom stereocenters. The van der Waals surface area contributed by atoms with E-state index in [-0.39, 0.29) is 16.5 Å². The average molecular weight is 424 g/mol. The Labute approximate surface area is 172 Å². The van der Waals surface area contributed by atoms with Crippen molar-refractivity contribution in [1.82, 2.24) is 0 Å². The monoisotopic (exact) mass is 423 g/mol. The molecule has 2 aromatic carbocycles. The van der Waals surface area contributed by atoms with Crippen molar-refractivity contribution in [3.05, 3.63) is 45.9 Å². The Morgan fingerprint density at radius 2 is 1.82 bits per heavy atom. The molecule has 0 aromatic heterocycles. The van der Waals surface area contributed by atoms with E-state index in [2.05, 4.69) is 15.5 Å². The van der Waals surface area contributed by atoms with Crippen LogP contribution in [0, 0.1) is 6.92 Å². The summed E-state index contributed by atoms with van der Waals surface area (Å²) in [6.45, 7) is 3.07. The number of azo groups is 1. The lowest BCUT2D eigenvalue weighted by molar-refractivity contribution is -0.126. The highest BCUT2D eigenvalue weighted by atomic mass is 35.5. The first-order valence-electron chi connectivity index (χ1n) is 8.17. The number of Topliss-reactive ketones (excluding diaryl/α,β-unsaturated/α-hetero) is 1. The number of nitrogens with zero attached hydrogens (tertiary/aromatic N) is 2. The number of carbonyl (C=O) groups is 2. The molecule has 0 radical (unpaired) electrons. The van der Waals surface area contributed by atoms with E-state index in [1.54, 1.807) is 24.3 Å². The summed E-state index contributed by atoms with van der Waals surface area (Å²) in [5.41, 5.74) is 1.53. The second-order valence-electron chi connectivity index (χ2n) is 5.81. The predicted octanol–water partition coefficient (Wildman–Crippen LogP) is 5.00. The van der Waals surface area contributed by atoms with Crippen molar-refractivity contribution in [2.45, 2.75) is 19.9 Å². The SMILES string of the molecule is COc1ccc(NC(=O)C(N=Nc2cc(Cl)ccc2C)C(C)=O)c(Cl)c1OC. The van der Waals surface area contributed by atoms with Gasteiger partial charge in [0.15, 0.2) is 17.3 Å². The third-order valence-corrected chi connectivity index (χ3v) is 4.44. The van der Waals surface area contributed by atoms with Crippen molar-refractivity contribution < 1.29 is 19.1 Å². The standard InChI is InChI=1S/C19H19Cl2N3O4/c1-10-5-6-12(20)9-14(10)23-24-17(11(2)25)19(26)22-13-7-8-15(27-3)18(28-4)16(13)21/h5-9,17H,1-4H3,(H,22,26). The molecule has 1 amide bonds. The van der Waals surface area contributed by atoms with Crippen molar-refractivity contribution in [3.63, 3.8) is 0 Å². The van der Waals surface area contributed by atoms with Gasteiger partial charge in [0.05, 0.1) is 25.6 Å². The summed E-state index contributed by atoms with van der Waals surface area (Å²) in [7, 11) is 2.89. The molecular formula is C19H19Cl2N3O4. The lowest BCUT2D eigenvalue weighted by Gasteiger charge is -2.14. The van der Waals surface area contributed by atoms with E-state index in [1.807, 2.05) is 6.92 Å². The van der Waals surface area contributed by atoms with Gasteiger partial charge in [0.1, 0.15) is 5.02 Å². The molecular weight excluding hydrogens is 405 g/mol. The molecule has 0 bridgehead atoms. The molecule has 0 aliphatic rings. The molecule has 0 aliphatic heterocycles. The second kappa shape index (κ2) is 9.52. The average Bonchev–Trinajstić information content (AvgIpc) is 2.65. The Kier molecular flexibility index (Phi) is 7.37. The van der Waals surface area contributed by atoms with Gasteiger partial charge in [-0.15, -0.1) is 0 Å². The maximum absolute atomic E-state index is 12.6. The zero-order valence-electron chi connectivity index (χ0n) is 15.7. The number of methoxy groups -OCH3 is 2. The van der Waals surface area contributed by atoms with E-state index in [9.17, 15) is 9.59 Å². The molecule has 7 nitrogen and oxygen atoms in total. The van der Waals surface area contributed by atoms with Crippen molar-refractivity contribution in [2.24, 2.45) is 10.2 Å². The summed E-state index contributed by atoms with van der Waals surface area (Å²) in [5.74, 6) is -0.482. The van der Waals surface area contributed by atoms with E-state index in [0.29, 0.717) is 16.5 Å². The fraction of sp³-hybridized carbons (Fsp3) is 0.263. The Bertz CT molecular complexity index is 932. The number of benzene rings is 2. The van der Waals surface area contributed by atoms with Gasteiger partial charge in [-0.25, -0.2) is 0 Å².